The molecule has 2 heterocycles. The van der Waals surface area contributed by atoms with E-state index in [1.165, 1.54) is 32.4 Å². The van der Waals surface area contributed by atoms with Gasteiger partial charge >= 0.3 is 0 Å². The molecule has 1 aliphatic heterocycles. The van der Waals surface area contributed by atoms with Gasteiger partial charge in [0.2, 0.25) is 0 Å². The lowest BCUT2D eigenvalue weighted by molar-refractivity contribution is 0.156. The summed E-state index contributed by atoms with van der Waals surface area (Å²) in [6, 6.07) is 2.61. The molecule has 1 saturated heterocycles. The summed E-state index contributed by atoms with van der Waals surface area (Å²) >= 11 is 0. The van der Waals surface area contributed by atoms with Crippen molar-refractivity contribution in [3.8, 4) is 0 Å². The minimum Gasteiger partial charge on any atom is -0.382 e. The largest absolute Gasteiger partial charge is 0.382 e. The first-order valence-electron chi connectivity index (χ1n) is 6.28. The van der Waals surface area contributed by atoms with Crippen LogP contribution in [0.5, 0.6) is 0 Å². The van der Waals surface area contributed by atoms with E-state index in [-0.39, 0.29) is 0 Å². The molecular weight excluding hydrogens is 200 g/mol. The summed E-state index contributed by atoms with van der Waals surface area (Å²) < 4.78 is 1.93. The van der Waals surface area contributed by atoms with Gasteiger partial charge in [-0.2, -0.15) is 5.10 Å². The third-order valence-electron chi connectivity index (χ3n) is 3.43. The fourth-order valence-electron chi connectivity index (χ4n) is 2.43. The fourth-order valence-corrected chi connectivity index (χ4v) is 2.43. The molecule has 4 nitrogen and oxygen atoms in total. The Hall–Kier alpha value is -1.03. The standard InChI is InChI=1S/C12H22N4/c1-11-5-2-3-7-15(11)8-4-9-16-10-6-12(13)14-16/h6,10-11H,2-5,7-9H2,1H3,(H2,13,14). The predicted molar refractivity (Wildman–Crippen MR) is 66.1 cm³/mol. The molecule has 4 heteroatoms. The number of piperidine rings is 1. The van der Waals surface area contributed by atoms with E-state index in [4.69, 9.17) is 5.73 Å². The SMILES string of the molecule is CC1CCCCN1CCCn1ccc(N)n1. The van der Waals surface area contributed by atoms with Crippen LogP contribution in [0.2, 0.25) is 0 Å². The number of anilines is 1. The Morgan fingerprint density at radius 1 is 1.44 bits per heavy atom. The molecular formula is C12H22N4. The Morgan fingerprint density at radius 3 is 3.00 bits per heavy atom. The highest BCUT2D eigenvalue weighted by Crippen LogP contribution is 2.16. The van der Waals surface area contributed by atoms with Crippen LogP contribution in [0.3, 0.4) is 0 Å². The molecule has 0 spiro atoms. The van der Waals surface area contributed by atoms with Crippen LogP contribution in [0.4, 0.5) is 5.82 Å². The van der Waals surface area contributed by atoms with Crippen molar-refractivity contribution < 1.29 is 0 Å². The van der Waals surface area contributed by atoms with Crippen LogP contribution in [0.15, 0.2) is 12.3 Å². The Labute approximate surface area is 97.4 Å². The molecule has 1 fully saturated rings. The van der Waals surface area contributed by atoms with Gasteiger partial charge in [0.25, 0.3) is 0 Å². The van der Waals surface area contributed by atoms with Crippen LogP contribution in [-0.2, 0) is 6.54 Å². The van der Waals surface area contributed by atoms with Crippen molar-refractivity contribution in [2.75, 3.05) is 18.8 Å². The average Bonchev–Trinajstić information content (AvgIpc) is 2.67. The average molecular weight is 222 g/mol. The third kappa shape index (κ3) is 2.98. The molecule has 1 aliphatic rings. The normalized spacial score (nSPS) is 22.4. The van der Waals surface area contributed by atoms with Gasteiger partial charge in [-0.25, -0.2) is 0 Å². The van der Waals surface area contributed by atoms with Gasteiger partial charge in [0.15, 0.2) is 0 Å². The Bertz CT molecular complexity index is 321. The number of aromatic nitrogens is 2. The highest BCUT2D eigenvalue weighted by atomic mass is 15.3. The van der Waals surface area contributed by atoms with Crippen molar-refractivity contribution in [3.05, 3.63) is 12.3 Å². The van der Waals surface area contributed by atoms with Gasteiger partial charge < -0.3 is 10.6 Å². The summed E-state index contributed by atoms with van der Waals surface area (Å²) in [7, 11) is 0. The number of rotatable bonds is 4. The number of aryl methyl sites for hydroxylation is 1. The zero-order valence-corrected chi connectivity index (χ0v) is 10.1. The molecule has 0 radical (unpaired) electrons. The maximum atomic E-state index is 5.57. The number of nitrogens with two attached hydrogens (primary N) is 1. The molecule has 1 aromatic heterocycles. The van der Waals surface area contributed by atoms with Gasteiger partial charge in [-0.15, -0.1) is 0 Å². The minimum atomic E-state index is 0.617. The monoisotopic (exact) mass is 222 g/mol. The van der Waals surface area contributed by atoms with Crippen LogP contribution in [0.25, 0.3) is 0 Å². The Morgan fingerprint density at radius 2 is 2.31 bits per heavy atom. The van der Waals surface area contributed by atoms with Crippen LogP contribution < -0.4 is 5.73 Å². The van der Waals surface area contributed by atoms with Crippen LogP contribution in [0, 0.1) is 0 Å². The van der Waals surface area contributed by atoms with E-state index < -0.39 is 0 Å². The van der Waals surface area contributed by atoms with Gasteiger partial charge in [0.1, 0.15) is 5.82 Å². The molecule has 0 aliphatic carbocycles. The van der Waals surface area contributed by atoms with Crippen molar-refractivity contribution in [3.63, 3.8) is 0 Å². The number of likely N-dealkylation sites (tertiary alicyclic amines) is 1. The zero-order valence-electron chi connectivity index (χ0n) is 10.1. The number of nitrogen functional groups attached to an aromatic ring is 1. The molecule has 2 N–H and O–H groups in total. The maximum absolute atomic E-state index is 5.57. The van der Waals surface area contributed by atoms with Crippen molar-refractivity contribution >= 4 is 5.82 Å². The first kappa shape index (κ1) is 11.5. The van der Waals surface area contributed by atoms with Gasteiger partial charge in [0, 0.05) is 25.3 Å². The van der Waals surface area contributed by atoms with Crippen molar-refractivity contribution in [2.24, 2.45) is 0 Å². The summed E-state index contributed by atoms with van der Waals surface area (Å²) in [6.45, 7) is 5.76. The lowest BCUT2D eigenvalue weighted by atomic mass is 10.0. The van der Waals surface area contributed by atoms with Crippen LogP contribution >= 0.6 is 0 Å². The molecule has 1 unspecified atom stereocenters. The number of hydrogen-bond acceptors (Lipinski definition) is 3. The molecule has 0 aromatic carbocycles. The summed E-state index contributed by atoms with van der Waals surface area (Å²) in [4.78, 5) is 2.59. The summed E-state index contributed by atoms with van der Waals surface area (Å²) in [5, 5.41) is 4.19. The predicted octanol–water partition coefficient (Wildman–Crippen LogP) is 1.73. The van der Waals surface area contributed by atoms with E-state index in [2.05, 4.69) is 16.9 Å². The van der Waals surface area contributed by atoms with Gasteiger partial charge in [-0.3, -0.25) is 4.68 Å². The van der Waals surface area contributed by atoms with Crippen molar-refractivity contribution in [1.82, 2.24) is 14.7 Å². The highest BCUT2D eigenvalue weighted by molar-refractivity contribution is 5.23. The Balaban J connectivity index is 1.71. The minimum absolute atomic E-state index is 0.617. The molecule has 2 rings (SSSR count). The lowest BCUT2D eigenvalue weighted by Gasteiger charge is -2.33. The number of hydrogen-bond donors (Lipinski definition) is 1. The Kier molecular flexibility index (Phi) is 3.83. The molecule has 0 bridgehead atoms. The van der Waals surface area contributed by atoms with E-state index in [0.29, 0.717) is 5.82 Å². The highest BCUT2D eigenvalue weighted by Gasteiger charge is 2.17. The molecule has 1 aromatic rings. The number of nitrogens with zero attached hydrogens (tertiary/aromatic N) is 3. The molecule has 0 saturated carbocycles. The van der Waals surface area contributed by atoms with E-state index in [0.717, 1.165) is 19.0 Å². The van der Waals surface area contributed by atoms with E-state index in [1.807, 2.05) is 16.9 Å². The second-order valence-electron chi connectivity index (χ2n) is 4.74. The van der Waals surface area contributed by atoms with Gasteiger partial charge in [-0.05, 0) is 38.8 Å². The maximum Gasteiger partial charge on any atom is 0.145 e. The van der Waals surface area contributed by atoms with E-state index in [1.54, 1.807) is 0 Å². The van der Waals surface area contributed by atoms with E-state index in [9.17, 15) is 0 Å². The van der Waals surface area contributed by atoms with Crippen LogP contribution in [-0.4, -0.2) is 33.8 Å². The van der Waals surface area contributed by atoms with Crippen molar-refractivity contribution in [2.45, 2.75) is 45.2 Å². The topological polar surface area (TPSA) is 47.1 Å². The summed E-state index contributed by atoms with van der Waals surface area (Å²) in [5.74, 6) is 0.617. The third-order valence-corrected chi connectivity index (χ3v) is 3.43. The first-order valence-corrected chi connectivity index (χ1v) is 6.28. The van der Waals surface area contributed by atoms with E-state index >= 15 is 0 Å². The molecule has 1 atom stereocenters. The quantitative estimate of drug-likeness (QED) is 0.844. The molecule has 0 amide bonds. The van der Waals surface area contributed by atoms with Crippen LogP contribution in [0.1, 0.15) is 32.6 Å². The van der Waals surface area contributed by atoms with Gasteiger partial charge in [0.05, 0.1) is 0 Å². The summed E-state index contributed by atoms with van der Waals surface area (Å²) in [5.41, 5.74) is 5.57. The first-order chi connectivity index (χ1) is 7.75. The zero-order chi connectivity index (χ0) is 11.4. The fraction of sp³-hybridized carbons (Fsp3) is 0.750. The smallest absolute Gasteiger partial charge is 0.145 e. The lowest BCUT2D eigenvalue weighted by Crippen LogP contribution is -2.38. The molecule has 16 heavy (non-hydrogen) atoms. The van der Waals surface area contributed by atoms with Crippen molar-refractivity contribution in [1.29, 1.82) is 0 Å². The second kappa shape index (κ2) is 5.34. The molecule has 90 valence electrons. The second-order valence-corrected chi connectivity index (χ2v) is 4.74. The summed E-state index contributed by atoms with van der Waals surface area (Å²) in [6.07, 6.45) is 7.22. The van der Waals surface area contributed by atoms with Gasteiger partial charge in [-0.1, -0.05) is 6.42 Å².